The number of aryl methyl sites for hydroxylation is 2. The van der Waals surface area contributed by atoms with E-state index in [1.807, 2.05) is 25.1 Å². The SMILES string of the molecule is Cc1ccc(NCc2nc3ccc(C)cc3o2)cc1. The molecule has 1 N–H and O–H groups in total. The third-order valence-electron chi connectivity index (χ3n) is 3.08. The van der Waals surface area contributed by atoms with Gasteiger partial charge < -0.3 is 9.73 Å². The highest BCUT2D eigenvalue weighted by molar-refractivity contribution is 5.73. The normalized spacial score (nSPS) is 10.8. The molecule has 1 heterocycles. The van der Waals surface area contributed by atoms with E-state index in [1.54, 1.807) is 0 Å². The Morgan fingerprint density at radius 2 is 1.74 bits per heavy atom. The molecule has 0 aliphatic carbocycles. The third-order valence-corrected chi connectivity index (χ3v) is 3.08. The Labute approximate surface area is 112 Å². The maximum absolute atomic E-state index is 5.72. The average molecular weight is 252 g/mol. The summed E-state index contributed by atoms with van der Waals surface area (Å²) in [4.78, 5) is 4.46. The van der Waals surface area contributed by atoms with Crippen LogP contribution in [0, 0.1) is 13.8 Å². The molecule has 0 atom stereocenters. The van der Waals surface area contributed by atoms with E-state index in [0.717, 1.165) is 16.8 Å². The first-order chi connectivity index (χ1) is 9.20. The molecule has 2 aromatic carbocycles. The molecular weight excluding hydrogens is 236 g/mol. The van der Waals surface area contributed by atoms with E-state index >= 15 is 0 Å². The van der Waals surface area contributed by atoms with Crippen molar-refractivity contribution in [2.45, 2.75) is 20.4 Å². The van der Waals surface area contributed by atoms with E-state index in [9.17, 15) is 0 Å². The second-order valence-electron chi connectivity index (χ2n) is 4.80. The average Bonchev–Trinajstić information content (AvgIpc) is 2.80. The van der Waals surface area contributed by atoms with Gasteiger partial charge in [0.15, 0.2) is 5.58 Å². The lowest BCUT2D eigenvalue weighted by Gasteiger charge is -2.03. The topological polar surface area (TPSA) is 38.1 Å². The molecule has 0 bridgehead atoms. The minimum Gasteiger partial charge on any atom is -0.439 e. The zero-order valence-corrected chi connectivity index (χ0v) is 11.1. The number of nitrogens with one attached hydrogen (secondary N) is 1. The highest BCUT2D eigenvalue weighted by Gasteiger charge is 2.05. The summed E-state index contributed by atoms with van der Waals surface area (Å²) in [6, 6.07) is 14.3. The van der Waals surface area contributed by atoms with E-state index in [2.05, 4.69) is 41.5 Å². The molecule has 3 aromatic rings. The minimum absolute atomic E-state index is 0.594. The quantitative estimate of drug-likeness (QED) is 0.764. The molecule has 0 saturated heterocycles. The number of anilines is 1. The maximum Gasteiger partial charge on any atom is 0.214 e. The Balaban J connectivity index is 1.76. The van der Waals surface area contributed by atoms with Crippen LogP contribution in [-0.2, 0) is 6.54 Å². The monoisotopic (exact) mass is 252 g/mol. The summed E-state index contributed by atoms with van der Waals surface area (Å²) in [7, 11) is 0. The second-order valence-corrected chi connectivity index (χ2v) is 4.80. The van der Waals surface area contributed by atoms with Crippen LogP contribution in [0.25, 0.3) is 11.1 Å². The van der Waals surface area contributed by atoms with E-state index in [1.165, 1.54) is 11.1 Å². The summed E-state index contributed by atoms with van der Waals surface area (Å²) < 4.78 is 5.72. The van der Waals surface area contributed by atoms with Crippen molar-refractivity contribution in [3.05, 3.63) is 59.5 Å². The Hall–Kier alpha value is -2.29. The summed E-state index contributed by atoms with van der Waals surface area (Å²) in [5.74, 6) is 0.709. The van der Waals surface area contributed by atoms with Crippen LogP contribution in [0.5, 0.6) is 0 Å². The molecule has 0 fully saturated rings. The first kappa shape index (κ1) is 11.8. The number of hydrogen-bond acceptors (Lipinski definition) is 3. The fraction of sp³-hybridized carbons (Fsp3) is 0.188. The molecule has 0 radical (unpaired) electrons. The van der Waals surface area contributed by atoms with Crippen LogP contribution >= 0.6 is 0 Å². The van der Waals surface area contributed by atoms with Crippen molar-refractivity contribution in [2.24, 2.45) is 0 Å². The Morgan fingerprint density at radius 3 is 2.53 bits per heavy atom. The van der Waals surface area contributed by atoms with Crippen molar-refractivity contribution in [3.8, 4) is 0 Å². The Kier molecular flexibility index (Phi) is 2.95. The van der Waals surface area contributed by atoms with Crippen LogP contribution in [0.1, 0.15) is 17.0 Å². The van der Waals surface area contributed by atoms with Gasteiger partial charge >= 0.3 is 0 Å². The van der Waals surface area contributed by atoms with Crippen LogP contribution < -0.4 is 5.32 Å². The predicted octanol–water partition coefficient (Wildman–Crippen LogP) is 4.06. The van der Waals surface area contributed by atoms with Crippen molar-refractivity contribution < 1.29 is 4.42 Å². The minimum atomic E-state index is 0.594. The largest absolute Gasteiger partial charge is 0.439 e. The van der Waals surface area contributed by atoms with E-state index in [4.69, 9.17) is 4.42 Å². The Morgan fingerprint density at radius 1 is 1.00 bits per heavy atom. The standard InChI is InChI=1S/C16H16N2O/c1-11-3-6-13(7-4-11)17-10-16-18-14-8-5-12(2)9-15(14)19-16/h3-9,17H,10H2,1-2H3. The smallest absolute Gasteiger partial charge is 0.214 e. The zero-order valence-electron chi connectivity index (χ0n) is 11.1. The van der Waals surface area contributed by atoms with Crippen LogP contribution in [0.4, 0.5) is 5.69 Å². The summed E-state index contributed by atoms with van der Waals surface area (Å²) in [6.45, 7) is 4.72. The molecule has 96 valence electrons. The number of oxazole rings is 1. The van der Waals surface area contributed by atoms with Crippen LogP contribution in [0.15, 0.2) is 46.9 Å². The number of fused-ring (bicyclic) bond motifs is 1. The molecule has 0 spiro atoms. The van der Waals surface area contributed by atoms with Gasteiger partial charge in [0.2, 0.25) is 5.89 Å². The summed E-state index contributed by atoms with van der Waals surface area (Å²) in [5, 5.41) is 3.31. The van der Waals surface area contributed by atoms with Crippen LogP contribution in [0.2, 0.25) is 0 Å². The fourth-order valence-corrected chi connectivity index (χ4v) is 2.00. The van der Waals surface area contributed by atoms with Crippen LogP contribution in [-0.4, -0.2) is 4.98 Å². The Bertz CT molecular complexity index is 698. The van der Waals surface area contributed by atoms with Gasteiger partial charge in [-0.2, -0.15) is 0 Å². The molecule has 0 aliphatic rings. The van der Waals surface area contributed by atoms with E-state index < -0.39 is 0 Å². The lowest BCUT2D eigenvalue weighted by molar-refractivity contribution is 0.540. The molecule has 0 aliphatic heterocycles. The van der Waals surface area contributed by atoms with Gasteiger partial charge in [-0.25, -0.2) is 4.98 Å². The molecule has 3 heteroatoms. The van der Waals surface area contributed by atoms with Gasteiger partial charge in [-0.3, -0.25) is 0 Å². The summed E-state index contributed by atoms with van der Waals surface area (Å²) in [6.07, 6.45) is 0. The maximum atomic E-state index is 5.72. The molecule has 0 saturated carbocycles. The molecule has 0 amide bonds. The van der Waals surface area contributed by atoms with Gasteiger partial charge in [-0.05, 0) is 43.7 Å². The van der Waals surface area contributed by atoms with Gasteiger partial charge in [0.05, 0.1) is 6.54 Å². The summed E-state index contributed by atoms with van der Waals surface area (Å²) in [5.41, 5.74) is 5.26. The molecule has 3 rings (SSSR count). The predicted molar refractivity (Wildman–Crippen MR) is 77.3 cm³/mol. The number of nitrogens with zero attached hydrogens (tertiary/aromatic N) is 1. The zero-order chi connectivity index (χ0) is 13.2. The number of aromatic nitrogens is 1. The highest BCUT2D eigenvalue weighted by atomic mass is 16.3. The summed E-state index contributed by atoms with van der Waals surface area (Å²) >= 11 is 0. The van der Waals surface area contributed by atoms with E-state index in [0.29, 0.717) is 12.4 Å². The number of hydrogen-bond donors (Lipinski definition) is 1. The molecule has 3 nitrogen and oxygen atoms in total. The first-order valence-electron chi connectivity index (χ1n) is 6.37. The third kappa shape index (κ3) is 2.60. The van der Waals surface area contributed by atoms with Gasteiger partial charge in [0.25, 0.3) is 0 Å². The van der Waals surface area contributed by atoms with Gasteiger partial charge in [-0.15, -0.1) is 0 Å². The van der Waals surface area contributed by atoms with Crippen LogP contribution in [0.3, 0.4) is 0 Å². The molecule has 1 aromatic heterocycles. The van der Waals surface area contributed by atoms with Gasteiger partial charge in [0.1, 0.15) is 5.52 Å². The van der Waals surface area contributed by atoms with Gasteiger partial charge in [-0.1, -0.05) is 23.8 Å². The highest BCUT2D eigenvalue weighted by Crippen LogP contribution is 2.18. The molecule has 0 unspecified atom stereocenters. The lowest BCUT2D eigenvalue weighted by atomic mass is 10.2. The van der Waals surface area contributed by atoms with Gasteiger partial charge in [0, 0.05) is 5.69 Å². The van der Waals surface area contributed by atoms with Crippen molar-refractivity contribution in [2.75, 3.05) is 5.32 Å². The first-order valence-corrected chi connectivity index (χ1v) is 6.37. The molecule has 19 heavy (non-hydrogen) atoms. The van der Waals surface area contributed by atoms with Crippen molar-refractivity contribution in [1.82, 2.24) is 4.98 Å². The number of rotatable bonds is 3. The van der Waals surface area contributed by atoms with Crippen molar-refractivity contribution in [1.29, 1.82) is 0 Å². The van der Waals surface area contributed by atoms with Crippen molar-refractivity contribution in [3.63, 3.8) is 0 Å². The second kappa shape index (κ2) is 4.76. The number of benzene rings is 2. The fourth-order valence-electron chi connectivity index (χ4n) is 2.00. The van der Waals surface area contributed by atoms with Crippen molar-refractivity contribution >= 4 is 16.8 Å². The lowest BCUT2D eigenvalue weighted by Crippen LogP contribution is -1.99. The van der Waals surface area contributed by atoms with E-state index in [-0.39, 0.29) is 0 Å². The molecular formula is C16H16N2O.